The van der Waals surface area contributed by atoms with Crippen LogP contribution in [0.25, 0.3) is 0 Å². The molecule has 0 aliphatic carbocycles. The Bertz CT molecular complexity index is 366. The third-order valence-electron chi connectivity index (χ3n) is 3.36. The van der Waals surface area contributed by atoms with Crippen LogP contribution in [0.1, 0.15) is 39.7 Å². The van der Waals surface area contributed by atoms with E-state index < -0.39 is 0 Å². The minimum absolute atomic E-state index is 0.425. The molecule has 0 bridgehead atoms. The molecule has 2 nitrogen and oxygen atoms in total. The van der Waals surface area contributed by atoms with Crippen molar-refractivity contribution >= 4 is 5.69 Å². The second-order valence-electron chi connectivity index (χ2n) is 6.48. The summed E-state index contributed by atoms with van der Waals surface area (Å²) in [6.07, 6.45) is 1.23. The molecule has 0 unspecified atom stereocenters. The number of nitrogens with one attached hydrogen (secondary N) is 1. The highest BCUT2D eigenvalue weighted by molar-refractivity contribution is 5.48. The van der Waals surface area contributed by atoms with E-state index in [0.29, 0.717) is 5.41 Å². The molecule has 0 aromatic heterocycles. The van der Waals surface area contributed by atoms with Gasteiger partial charge in [0, 0.05) is 25.3 Å². The summed E-state index contributed by atoms with van der Waals surface area (Å²) in [7, 11) is 0. The maximum Gasteiger partial charge on any atom is 0.0369 e. The van der Waals surface area contributed by atoms with Gasteiger partial charge in [0.05, 0.1) is 0 Å². The molecule has 108 valence electrons. The Hall–Kier alpha value is -1.02. The van der Waals surface area contributed by atoms with Crippen LogP contribution in [0.5, 0.6) is 0 Å². The van der Waals surface area contributed by atoms with Crippen molar-refractivity contribution in [3.05, 3.63) is 29.8 Å². The molecule has 0 heterocycles. The third-order valence-corrected chi connectivity index (χ3v) is 3.36. The standard InChI is InChI=1S/C17H30N2/c1-6-19(16-9-7-8-15(2)14-16)13-12-18-11-10-17(3,4)5/h7-9,14,18H,6,10-13H2,1-5H3. The number of hydrogen-bond donors (Lipinski definition) is 1. The van der Waals surface area contributed by atoms with Crippen molar-refractivity contribution in [1.82, 2.24) is 5.32 Å². The van der Waals surface area contributed by atoms with Gasteiger partial charge in [-0.25, -0.2) is 0 Å². The van der Waals surface area contributed by atoms with E-state index >= 15 is 0 Å². The maximum atomic E-state index is 3.55. The highest BCUT2D eigenvalue weighted by atomic mass is 15.1. The molecule has 0 radical (unpaired) electrons. The molecule has 0 spiro atoms. The summed E-state index contributed by atoms with van der Waals surface area (Å²) in [5.74, 6) is 0. The Labute approximate surface area is 119 Å². The predicted molar refractivity (Wildman–Crippen MR) is 86.0 cm³/mol. The normalized spacial score (nSPS) is 11.6. The van der Waals surface area contributed by atoms with Gasteiger partial charge in [-0.15, -0.1) is 0 Å². The summed E-state index contributed by atoms with van der Waals surface area (Å²) in [6, 6.07) is 8.75. The van der Waals surface area contributed by atoms with E-state index in [1.54, 1.807) is 0 Å². The summed E-state index contributed by atoms with van der Waals surface area (Å²) in [5, 5.41) is 3.55. The molecule has 0 saturated carbocycles. The van der Waals surface area contributed by atoms with Gasteiger partial charge in [0.15, 0.2) is 0 Å². The van der Waals surface area contributed by atoms with Gasteiger partial charge in [-0.05, 0) is 49.9 Å². The van der Waals surface area contributed by atoms with Crippen LogP contribution >= 0.6 is 0 Å². The lowest BCUT2D eigenvalue weighted by Crippen LogP contribution is -2.33. The molecule has 0 amide bonds. The monoisotopic (exact) mass is 262 g/mol. The van der Waals surface area contributed by atoms with Crippen LogP contribution < -0.4 is 10.2 Å². The average Bonchev–Trinajstić information content (AvgIpc) is 2.32. The molecule has 0 saturated heterocycles. The van der Waals surface area contributed by atoms with Crippen molar-refractivity contribution in [2.45, 2.75) is 41.0 Å². The fourth-order valence-electron chi connectivity index (χ4n) is 2.10. The molecule has 0 atom stereocenters. The Kier molecular flexibility index (Phi) is 6.36. The Morgan fingerprint density at radius 1 is 1.16 bits per heavy atom. The summed E-state index contributed by atoms with van der Waals surface area (Å²) in [6.45, 7) is 15.5. The van der Waals surface area contributed by atoms with Crippen LogP contribution in [0.15, 0.2) is 24.3 Å². The average molecular weight is 262 g/mol. The molecule has 0 aliphatic rings. The topological polar surface area (TPSA) is 15.3 Å². The number of anilines is 1. The van der Waals surface area contributed by atoms with E-state index in [2.05, 4.69) is 69.1 Å². The lowest BCUT2D eigenvalue weighted by atomic mass is 9.92. The molecule has 1 rings (SSSR count). The van der Waals surface area contributed by atoms with Gasteiger partial charge in [-0.3, -0.25) is 0 Å². The van der Waals surface area contributed by atoms with Crippen molar-refractivity contribution in [3.63, 3.8) is 0 Å². The lowest BCUT2D eigenvalue weighted by molar-refractivity contribution is 0.368. The highest BCUT2D eigenvalue weighted by Gasteiger charge is 2.09. The zero-order chi connectivity index (χ0) is 14.3. The number of likely N-dealkylation sites (N-methyl/N-ethyl adjacent to an activating group) is 1. The molecule has 19 heavy (non-hydrogen) atoms. The molecule has 0 fully saturated rings. The van der Waals surface area contributed by atoms with E-state index in [9.17, 15) is 0 Å². The van der Waals surface area contributed by atoms with Gasteiger partial charge < -0.3 is 10.2 Å². The van der Waals surface area contributed by atoms with Gasteiger partial charge in [0.25, 0.3) is 0 Å². The largest absolute Gasteiger partial charge is 0.371 e. The highest BCUT2D eigenvalue weighted by Crippen LogP contribution is 2.17. The third kappa shape index (κ3) is 6.63. The summed E-state index contributed by atoms with van der Waals surface area (Å²) < 4.78 is 0. The quantitative estimate of drug-likeness (QED) is 0.751. The zero-order valence-corrected chi connectivity index (χ0v) is 13.3. The SMILES string of the molecule is CCN(CCNCCC(C)(C)C)c1cccc(C)c1. The molecule has 2 heteroatoms. The van der Waals surface area contributed by atoms with Crippen molar-refractivity contribution in [3.8, 4) is 0 Å². The van der Waals surface area contributed by atoms with Crippen LogP contribution in [0, 0.1) is 12.3 Å². The van der Waals surface area contributed by atoms with Crippen LogP contribution in [-0.2, 0) is 0 Å². The number of rotatable bonds is 7. The number of benzene rings is 1. The van der Waals surface area contributed by atoms with Gasteiger partial charge in [-0.1, -0.05) is 32.9 Å². The Balaban J connectivity index is 2.34. The molecule has 1 aromatic carbocycles. The summed E-state index contributed by atoms with van der Waals surface area (Å²) in [5.41, 5.74) is 3.09. The van der Waals surface area contributed by atoms with Crippen molar-refractivity contribution < 1.29 is 0 Å². The first-order valence-corrected chi connectivity index (χ1v) is 7.45. The van der Waals surface area contributed by atoms with Crippen LogP contribution in [-0.4, -0.2) is 26.2 Å². The van der Waals surface area contributed by atoms with E-state index in [1.807, 2.05) is 0 Å². The van der Waals surface area contributed by atoms with Gasteiger partial charge >= 0.3 is 0 Å². The number of nitrogens with zero attached hydrogens (tertiary/aromatic N) is 1. The first kappa shape index (κ1) is 16.0. The molecular weight excluding hydrogens is 232 g/mol. The Morgan fingerprint density at radius 3 is 2.47 bits per heavy atom. The van der Waals surface area contributed by atoms with Crippen molar-refractivity contribution in [2.24, 2.45) is 5.41 Å². The van der Waals surface area contributed by atoms with Crippen molar-refractivity contribution in [2.75, 3.05) is 31.1 Å². The van der Waals surface area contributed by atoms with Crippen LogP contribution in [0.4, 0.5) is 5.69 Å². The second kappa shape index (κ2) is 7.54. The van der Waals surface area contributed by atoms with Gasteiger partial charge in [0.1, 0.15) is 0 Å². The zero-order valence-electron chi connectivity index (χ0n) is 13.3. The molecule has 1 N–H and O–H groups in total. The predicted octanol–water partition coefficient (Wildman–Crippen LogP) is 3.85. The molecular formula is C17H30N2. The fraction of sp³-hybridized carbons (Fsp3) is 0.647. The summed E-state index contributed by atoms with van der Waals surface area (Å²) >= 11 is 0. The minimum Gasteiger partial charge on any atom is -0.371 e. The van der Waals surface area contributed by atoms with Crippen LogP contribution in [0.3, 0.4) is 0 Å². The van der Waals surface area contributed by atoms with Gasteiger partial charge in [0.2, 0.25) is 0 Å². The van der Waals surface area contributed by atoms with E-state index in [0.717, 1.165) is 26.2 Å². The minimum atomic E-state index is 0.425. The van der Waals surface area contributed by atoms with E-state index in [4.69, 9.17) is 0 Å². The number of hydrogen-bond acceptors (Lipinski definition) is 2. The van der Waals surface area contributed by atoms with Crippen molar-refractivity contribution in [1.29, 1.82) is 0 Å². The fourth-order valence-corrected chi connectivity index (χ4v) is 2.10. The van der Waals surface area contributed by atoms with Gasteiger partial charge in [-0.2, -0.15) is 0 Å². The first-order chi connectivity index (χ1) is 8.92. The van der Waals surface area contributed by atoms with E-state index in [-0.39, 0.29) is 0 Å². The number of aryl methyl sites for hydroxylation is 1. The Morgan fingerprint density at radius 2 is 1.89 bits per heavy atom. The second-order valence-corrected chi connectivity index (χ2v) is 6.48. The lowest BCUT2D eigenvalue weighted by Gasteiger charge is -2.24. The molecule has 1 aromatic rings. The first-order valence-electron chi connectivity index (χ1n) is 7.45. The maximum absolute atomic E-state index is 3.55. The smallest absolute Gasteiger partial charge is 0.0369 e. The van der Waals surface area contributed by atoms with E-state index in [1.165, 1.54) is 17.7 Å². The summed E-state index contributed by atoms with van der Waals surface area (Å²) in [4.78, 5) is 2.43. The molecule has 0 aliphatic heterocycles. The van der Waals surface area contributed by atoms with Crippen LogP contribution in [0.2, 0.25) is 0 Å².